The first-order valence-corrected chi connectivity index (χ1v) is 7.15. The van der Waals surface area contributed by atoms with E-state index in [1.807, 2.05) is 0 Å². The molecule has 0 amide bonds. The van der Waals surface area contributed by atoms with E-state index in [0.717, 1.165) is 12.1 Å². The molecule has 2 rings (SSSR count). The van der Waals surface area contributed by atoms with E-state index in [4.69, 9.17) is 5.73 Å². The minimum atomic E-state index is -3.87. The first kappa shape index (κ1) is 14.1. The van der Waals surface area contributed by atoms with Crippen LogP contribution in [-0.4, -0.2) is 13.5 Å². The normalized spacial score (nSPS) is 11.3. The van der Waals surface area contributed by atoms with E-state index < -0.39 is 15.8 Å². The third-order valence-corrected chi connectivity index (χ3v) is 4.23. The second-order valence-electron chi connectivity index (χ2n) is 4.29. The first-order valence-electron chi connectivity index (χ1n) is 5.67. The Morgan fingerprint density at radius 1 is 1.20 bits per heavy atom. The number of sulfonamides is 1. The lowest BCUT2D eigenvalue weighted by molar-refractivity contribution is 0.475. The number of nitrogens with one attached hydrogen (secondary N) is 1. The molecule has 5 nitrogen and oxygen atoms in total. The van der Waals surface area contributed by atoms with E-state index in [1.165, 1.54) is 31.2 Å². The van der Waals surface area contributed by atoms with Crippen molar-refractivity contribution >= 4 is 21.4 Å². The minimum absolute atomic E-state index is 0.0358. The fraction of sp³-hybridized carbons (Fsp3) is 0.0769. The Kier molecular flexibility index (Phi) is 3.54. The van der Waals surface area contributed by atoms with Crippen LogP contribution in [0.15, 0.2) is 41.3 Å². The van der Waals surface area contributed by atoms with Crippen molar-refractivity contribution in [2.75, 3.05) is 10.5 Å². The second kappa shape index (κ2) is 5.01. The van der Waals surface area contributed by atoms with Crippen LogP contribution in [0.1, 0.15) is 5.56 Å². The maximum absolute atomic E-state index is 13.0. The van der Waals surface area contributed by atoms with Gasteiger partial charge in [-0.2, -0.15) is 0 Å². The van der Waals surface area contributed by atoms with Gasteiger partial charge in [-0.15, -0.1) is 0 Å². The van der Waals surface area contributed by atoms with E-state index >= 15 is 0 Å². The monoisotopic (exact) mass is 296 g/mol. The number of hydrogen-bond acceptors (Lipinski definition) is 4. The van der Waals surface area contributed by atoms with Crippen LogP contribution in [0.5, 0.6) is 5.75 Å². The van der Waals surface area contributed by atoms with Crippen molar-refractivity contribution < 1.29 is 17.9 Å². The zero-order valence-corrected chi connectivity index (χ0v) is 11.4. The highest BCUT2D eigenvalue weighted by Crippen LogP contribution is 2.26. The molecule has 2 aromatic carbocycles. The molecule has 0 unspecified atom stereocenters. The summed E-state index contributed by atoms with van der Waals surface area (Å²) in [5.41, 5.74) is 6.14. The summed E-state index contributed by atoms with van der Waals surface area (Å²) < 4.78 is 39.8. The predicted octanol–water partition coefficient (Wildman–Crippen LogP) is 2.22. The average Bonchev–Trinajstić information content (AvgIpc) is 2.32. The second-order valence-corrected chi connectivity index (χ2v) is 5.94. The van der Waals surface area contributed by atoms with Crippen LogP contribution in [0.25, 0.3) is 0 Å². The molecule has 7 heteroatoms. The number of nitrogens with two attached hydrogens (primary N) is 1. The number of phenolic OH excluding ortho intramolecular Hbond substituents is 1. The predicted molar refractivity (Wildman–Crippen MR) is 74.5 cm³/mol. The van der Waals surface area contributed by atoms with Crippen molar-refractivity contribution in [1.82, 2.24) is 0 Å². The minimum Gasteiger partial charge on any atom is -0.508 e. The number of rotatable bonds is 3. The molecular formula is C13H13FN2O3S. The highest BCUT2D eigenvalue weighted by atomic mass is 32.2. The molecule has 0 bridgehead atoms. The SMILES string of the molecule is Cc1cc(F)ccc1S(=O)(=O)Nc1ccc(O)cc1N. The number of benzene rings is 2. The van der Waals surface area contributed by atoms with Crippen LogP contribution in [-0.2, 0) is 10.0 Å². The Labute approximate surface area is 115 Å². The van der Waals surface area contributed by atoms with E-state index in [0.29, 0.717) is 0 Å². The lowest BCUT2D eigenvalue weighted by Crippen LogP contribution is -2.15. The molecule has 4 N–H and O–H groups in total. The van der Waals surface area contributed by atoms with Crippen LogP contribution in [0.2, 0.25) is 0 Å². The summed E-state index contributed by atoms with van der Waals surface area (Å²) in [6, 6.07) is 7.28. The number of aryl methyl sites for hydroxylation is 1. The average molecular weight is 296 g/mol. The molecule has 0 heterocycles. The van der Waals surface area contributed by atoms with E-state index in [1.54, 1.807) is 0 Å². The van der Waals surface area contributed by atoms with Crippen molar-refractivity contribution in [2.45, 2.75) is 11.8 Å². The van der Waals surface area contributed by atoms with Crippen molar-refractivity contribution in [3.63, 3.8) is 0 Å². The molecule has 0 aliphatic carbocycles. The molecule has 0 saturated heterocycles. The maximum atomic E-state index is 13.0. The van der Waals surface area contributed by atoms with Crippen LogP contribution < -0.4 is 10.5 Å². The van der Waals surface area contributed by atoms with Gasteiger partial charge in [0.15, 0.2) is 0 Å². The molecule has 0 aliphatic heterocycles. The van der Waals surface area contributed by atoms with Crippen molar-refractivity contribution in [2.24, 2.45) is 0 Å². The highest BCUT2D eigenvalue weighted by Gasteiger charge is 2.18. The largest absolute Gasteiger partial charge is 0.508 e. The quantitative estimate of drug-likeness (QED) is 0.598. The van der Waals surface area contributed by atoms with Crippen LogP contribution in [0.3, 0.4) is 0 Å². The van der Waals surface area contributed by atoms with Gasteiger partial charge in [-0.25, -0.2) is 12.8 Å². The third kappa shape index (κ3) is 2.83. The molecule has 0 aliphatic rings. The van der Waals surface area contributed by atoms with E-state index in [2.05, 4.69) is 4.72 Å². The summed E-state index contributed by atoms with van der Waals surface area (Å²) in [6.07, 6.45) is 0. The van der Waals surface area contributed by atoms with Crippen molar-refractivity contribution in [1.29, 1.82) is 0 Å². The number of phenols is 1. The lowest BCUT2D eigenvalue weighted by Gasteiger charge is -2.12. The van der Waals surface area contributed by atoms with Gasteiger partial charge >= 0.3 is 0 Å². The summed E-state index contributed by atoms with van der Waals surface area (Å²) in [6.45, 7) is 1.50. The number of halogens is 1. The molecule has 0 spiro atoms. The molecule has 0 atom stereocenters. The summed E-state index contributed by atoms with van der Waals surface area (Å²) in [7, 11) is -3.87. The molecule has 0 saturated carbocycles. The Bertz CT molecular complexity index is 760. The van der Waals surface area contributed by atoms with Gasteiger partial charge in [-0.3, -0.25) is 4.72 Å². The number of hydrogen-bond donors (Lipinski definition) is 3. The van der Waals surface area contributed by atoms with Gasteiger partial charge in [0, 0.05) is 6.07 Å². The summed E-state index contributed by atoms with van der Waals surface area (Å²) in [5.74, 6) is -0.575. The van der Waals surface area contributed by atoms with Crippen molar-refractivity contribution in [3.8, 4) is 5.75 Å². The zero-order valence-electron chi connectivity index (χ0n) is 10.6. The Morgan fingerprint density at radius 2 is 1.90 bits per heavy atom. The van der Waals surface area contributed by atoms with Gasteiger partial charge in [0.1, 0.15) is 11.6 Å². The fourth-order valence-corrected chi connectivity index (χ4v) is 3.07. The van der Waals surface area contributed by atoms with Gasteiger partial charge < -0.3 is 10.8 Å². The van der Waals surface area contributed by atoms with Gasteiger partial charge in [-0.05, 0) is 42.8 Å². The van der Waals surface area contributed by atoms with Gasteiger partial charge in [0.2, 0.25) is 0 Å². The molecule has 0 aromatic heterocycles. The Balaban J connectivity index is 2.41. The third-order valence-electron chi connectivity index (χ3n) is 2.71. The highest BCUT2D eigenvalue weighted by molar-refractivity contribution is 7.92. The Hall–Kier alpha value is -2.28. The fourth-order valence-electron chi connectivity index (χ4n) is 1.76. The van der Waals surface area contributed by atoms with Crippen LogP contribution >= 0.6 is 0 Å². The lowest BCUT2D eigenvalue weighted by atomic mass is 10.2. The van der Waals surface area contributed by atoms with Crippen LogP contribution in [0.4, 0.5) is 15.8 Å². The standard InChI is InChI=1S/C13H13FN2O3S/c1-8-6-9(14)2-5-13(8)20(18,19)16-12-4-3-10(17)7-11(12)15/h2-7,16-17H,15H2,1H3. The number of nitrogen functional groups attached to an aromatic ring is 1. The molecule has 2 aromatic rings. The van der Waals surface area contributed by atoms with Gasteiger partial charge in [0.25, 0.3) is 10.0 Å². The Morgan fingerprint density at radius 3 is 2.50 bits per heavy atom. The first-order chi connectivity index (χ1) is 9.29. The summed E-state index contributed by atoms with van der Waals surface area (Å²) in [5, 5.41) is 9.23. The topological polar surface area (TPSA) is 92.4 Å². The van der Waals surface area contributed by atoms with Crippen molar-refractivity contribution in [3.05, 3.63) is 47.8 Å². The molecule has 106 valence electrons. The van der Waals surface area contributed by atoms with Gasteiger partial charge in [0.05, 0.1) is 16.3 Å². The molecule has 0 radical (unpaired) electrons. The number of anilines is 2. The molecule has 0 fully saturated rings. The summed E-state index contributed by atoms with van der Waals surface area (Å²) >= 11 is 0. The molecule has 20 heavy (non-hydrogen) atoms. The van der Waals surface area contributed by atoms with Crippen LogP contribution in [0, 0.1) is 12.7 Å². The van der Waals surface area contributed by atoms with E-state index in [9.17, 15) is 17.9 Å². The molecular weight excluding hydrogens is 283 g/mol. The number of aromatic hydroxyl groups is 1. The summed E-state index contributed by atoms with van der Waals surface area (Å²) in [4.78, 5) is -0.0358. The maximum Gasteiger partial charge on any atom is 0.262 e. The van der Waals surface area contributed by atoms with Gasteiger partial charge in [-0.1, -0.05) is 0 Å². The van der Waals surface area contributed by atoms with E-state index in [-0.39, 0.29) is 27.6 Å². The zero-order chi connectivity index (χ0) is 14.9. The smallest absolute Gasteiger partial charge is 0.262 e.